The van der Waals surface area contributed by atoms with Gasteiger partial charge >= 0.3 is 0 Å². The first-order chi connectivity index (χ1) is 28.0. The van der Waals surface area contributed by atoms with Crippen molar-refractivity contribution >= 4 is 54.5 Å². The van der Waals surface area contributed by atoms with E-state index in [0.717, 1.165) is 66.0 Å². The zero-order chi connectivity index (χ0) is 37.8. The van der Waals surface area contributed by atoms with E-state index in [1.54, 1.807) is 0 Å². The van der Waals surface area contributed by atoms with Crippen molar-refractivity contribution < 1.29 is 4.42 Å². The number of fused-ring (bicyclic) bond motifs is 11. The molecule has 0 atom stereocenters. The van der Waals surface area contributed by atoms with E-state index < -0.39 is 0 Å². The number of hydrogen-bond acceptors (Lipinski definition) is 4. The second kappa shape index (κ2) is 11.8. The van der Waals surface area contributed by atoms with E-state index in [-0.39, 0.29) is 5.41 Å². The monoisotopic (exact) mass is 730 g/mol. The zero-order valence-electron chi connectivity index (χ0n) is 31.4. The molecule has 0 saturated heterocycles. The molecule has 3 aromatic heterocycles. The average molecular weight is 731 g/mol. The minimum atomic E-state index is -0.116. The maximum Gasteiger partial charge on any atom is 0.238 e. The Kier molecular flexibility index (Phi) is 6.62. The smallest absolute Gasteiger partial charge is 0.238 e. The van der Waals surface area contributed by atoms with Gasteiger partial charge in [0.2, 0.25) is 5.95 Å². The van der Waals surface area contributed by atoms with Crippen LogP contribution in [0.2, 0.25) is 0 Å². The van der Waals surface area contributed by atoms with Crippen LogP contribution in [-0.4, -0.2) is 19.5 Å². The first kappa shape index (κ1) is 31.9. The van der Waals surface area contributed by atoms with Crippen LogP contribution >= 0.6 is 0 Å². The predicted octanol–water partition coefficient (Wildman–Crippen LogP) is 13.3. The van der Waals surface area contributed by atoms with Gasteiger partial charge in [-0.2, -0.15) is 9.97 Å². The molecule has 8 aromatic carbocycles. The summed E-state index contributed by atoms with van der Waals surface area (Å²) in [7, 11) is 0. The Balaban J connectivity index is 1.12. The number of para-hydroxylation sites is 3. The van der Waals surface area contributed by atoms with E-state index in [9.17, 15) is 0 Å². The molecule has 0 N–H and O–H groups in total. The maximum atomic E-state index is 6.33. The first-order valence-corrected chi connectivity index (χ1v) is 19.4. The maximum absolute atomic E-state index is 6.33. The van der Waals surface area contributed by atoms with Crippen LogP contribution in [0.4, 0.5) is 0 Å². The van der Waals surface area contributed by atoms with Crippen molar-refractivity contribution in [3.63, 3.8) is 0 Å². The fraction of sp³-hybridized carbons (Fsp3) is 0.0577. The van der Waals surface area contributed by atoms with Gasteiger partial charge in [0, 0.05) is 43.7 Å². The van der Waals surface area contributed by atoms with Gasteiger partial charge in [-0.1, -0.05) is 153 Å². The molecule has 0 spiro atoms. The summed E-state index contributed by atoms with van der Waals surface area (Å²) in [5.74, 6) is 1.74. The van der Waals surface area contributed by atoms with E-state index in [0.29, 0.717) is 17.6 Å². The predicted molar refractivity (Wildman–Crippen MR) is 233 cm³/mol. The van der Waals surface area contributed by atoms with Crippen molar-refractivity contribution in [1.82, 2.24) is 19.5 Å². The highest BCUT2D eigenvalue weighted by Gasteiger charge is 2.36. The van der Waals surface area contributed by atoms with E-state index in [1.165, 1.54) is 33.0 Å². The molecule has 5 heteroatoms. The third-order valence-electron chi connectivity index (χ3n) is 12.1. The number of aromatic nitrogens is 4. The Morgan fingerprint density at radius 1 is 0.456 bits per heavy atom. The Morgan fingerprint density at radius 3 is 2.02 bits per heavy atom. The fourth-order valence-electron chi connectivity index (χ4n) is 9.33. The van der Waals surface area contributed by atoms with Crippen molar-refractivity contribution in [3.05, 3.63) is 181 Å². The van der Waals surface area contributed by atoms with Gasteiger partial charge in [-0.25, -0.2) is 4.98 Å². The Labute approximate surface area is 328 Å². The molecule has 5 nitrogen and oxygen atoms in total. The van der Waals surface area contributed by atoms with Crippen molar-refractivity contribution in [2.45, 2.75) is 19.3 Å². The molecule has 0 saturated carbocycles. The quantitative estimate of drug-likeness (QED) is 0.181. The van der Waals surface area contributed by atoms with Crippen LogP contribution in [0.25, 0.3) is 105 Å². The van der Waals surface area contributed by atoms with Gasteiger partial charge in [0.1, 0.15) is 11.2 Å². The minimum Gasteiger partial charge on any atom is -0.456 e. The number of benzene rings is 8. The molecule has 0 amide bonds. The van der Waals surface area contributed by atoms with E-state index in [4.69, 9.17) is 19.4 Å². The summed E-state index contributed by atoms with van der Waals surface area (Å²) in [6.07, 6.45) is 0. The number of rotatable bonds is 4. The lowest BCUT2D eigenvalue weighted by atomic mass is 9.82. The normalized spacial score (nSPS) is 13.2. The van der Waals surface area contributed by atoms with Crippen LogP contribution in [0.1, 0.15) is 25.0 Å². The highest BCUT2D eigenvalue weighted by Crippen LogP contribution is 2.52. The SMILES string of the molecule is CC1(C)c2ccc(-c3cccc4c5ccccc5n(-c5nc(-c6ccccc6)nc(-c6ccc7c(c6)oc6ccccc67)n5)c34)cc2-c2c1ccc1ccccc21. The summed E-state index contributed by atoms with van der Waals surface area (Å²) in [5, 5.41) is 6.98. The molecule has 0 aliphatic heterocycles. The molecule has 3 heterocycles. The standard InChI is InChI=1S/C52H34N4O/c1-52(2)42-27-25-33(29-41(42)47-35-16-7-6-13-31(35)24-28-43(47)52)36-19-12-20-40-37-17-8-10-21-44(37)56(48(36)40)51-54-49(32-14-4-3-5-15-32)53-50(55-51)34-23-26-39-38-18-9-11-22-45(38)57-46(39)30-34/h3-30H,1-2H3. The molecular weight excluding hydrogens is 697 g/mol. The van der Waals surface area contributed by atoms with Crippen LogP contribution in [0.15, 0.2) is 174 Å². The number of nitrogens with zero attached hydrogens (tertiary/aromatic N) is 4. The average Bonchev–Trinajstić information content (AvgIpc) is 3.88. The van der Waals surface area contributed by atoms with Gasteiger partial charge in [0.05, 0.1) is 11.0 Å². The van der Waals surface area contributed by atoms with Crippen molar-refractivity contribution in [2.75, 3.05) is 0 Å². The minimum absolute atomic E-state index is 0.116. The third kappa shape index (κ3) is 4.66. The van der Waals surface area contributed by atoms with Gasteiger partial charge in [0.15, 0.2) is 11.6 Å². The molecular formula is C52H34N4O. The number of furan rings is 1. The van der Waals surface area contributed by atoms with Gasteiger partial charge in [-0.15, -0.1) is 0 Å². The zero-order valence-corrected chi connectivity index (χ0v) is 31.4. The third-order valence-corrected chi connectivity index (χ3v) is 12.1. The highest BCUT2D eigenvalue weighted by molar-refractivity contribution is 6.14. The van der Waals surface area contributed by atoms with Gasteiger partial charge in [0.25, 0.3) is 0 Å². The summed E-state index contributed by atoms with van der Waals surface area (Å²) < 4.78 is 8.56. The largest absolute Gasteiger partial charge is 0.456 e. The molecule has 268 valence electrons. The lowest BCUT2D eigenvalue weighted by molar-refractivity contribution is 0.661. The van der Waals surface area contributed by atoms with Crippen molar-refractivity contribution in [3.8, 4) is 51.0 Å². The summed E-state index contributed by atoms with van der Waals surface area (Å²) in [6.45, 7) is 4.69. The van der Waals surface area contributed by atoms with Crippen LogP contribution < -0.4 is 0 Å². The summed E-state index contributed by atoms with van der Waals surface area (Å²) in [6, 6.07) is 60.1. The summed E-state index contributed by atoms with van der Waals surface area (Å²) >= 11 is 0. The van der Waals surface area contributed by atoms with Crippen LogP contribution in [-0.2, 0) is 5.41 Å². The molecule has 0 unspecified atom stereocenters. The molecule has 1 aliphatic rings. The van der Waals surface area contributed by atoms with Crippen molar-refractivity contribution in [2.24, 2.45) is 0 Å². The first-order valence-electron chi connectivity index (χ1n) is 19.4. The molecule has 0 radical (unpaired) electrons. The van der Waals surface area contributed by atoms with Gasteiger partial charge in [-0.3, -0.25) is 4.57 Å². The number of hydrogen-bond donors (Lipinski definition) is 0. The topological polar surface area (TPSA) is 56.7 Å². The Morgan fingerprint density at radius 2 is 1.14 bits per heavy atom. The second-order valence-corrected chi connectivity index (χ2v) is 15.6. The molecule has 0 fully saturated rings. The summed E-state index contributed by atoms with van der Waals surface area (Å²) in [4.78, 5) is 15.7. The van der Waals surface area contributed by atoms with Gasteiger partial charge < -0.3 is 4.42 Å². The fourth-order valence-corrected chi connectivity index (χ4v) is 9.33. The highest BCUT2D eigenvalue weighted by atomic mass is 16.3. The van der Waals surface area contributed by atoms with E-state index in [2.05, 4.69) is 146 Å². The van der Waals surface area contributed by atoms with E-state index >= 15 is 0 Å². The van der Waals surface area contributed by atoms with Gasteiger partial charge in [-0.05, 0) is 68.9 Å². The molecule has 57 heavy (non-hydrogen) atoms. The lowest BCUT2D eigenvalue weighted by Crippen LogP contribution is -2.14. The Bertz CT molecular complexity index is 3450. The van der Waals surface area contributed by atoms with Crippen LogP contribution in [0.3, 0.4) is 0 Å². The molecule has 11 aromatic rings. The van der Waals surface area contributed by atoms with Crippen molar-refractivity contribution in [1.29, 1.82) is 0 Å². The lowest BCUT2D eigenvalue weighted by Gasteiger charge is -2.21. The second-order valence-electron chi connectivity index (χ2n) is 15.6. The van der Waals surface area contributed by atoms with Crippen LogP contribution in [0, 0.1) is 0 Å². The molecule has 1 aliphatic carbocycles. The Hall–Kier alpha value is -7.37. The molecule has 0 bridgehead atoms. The van der Waals surface area contributed by atoms with E-state index in [1.807, 2.05) is 42.5 Å². The summed E-state index contributed by atoms with van der Waals surface area (Å²) in [5.41, 5.74) is 13.0. The van der Waals surface area contributed by atoms with Crippen LogP contribution in [0.5, 0.6) is 0 Å². The molecule has 12 rings (SSSR count).